The molecule has 2 fully saturated rings. The van der Waals surface area contributed by atoms with Crippen LogP contribution in [0, 0.1) is 11.8 Å². The molecule has 0 aromatic rings. The summed E-state index contributed by atoms with van der Waals surface area (Å²) >= 11 is 0. The Morgan fingerprint density at radius 3 is 2.94 bits per heavy atom. The molecule has 2 rings (SSSR count). The number of piperidine rings is 1. The highest BCUT2D eigenvalue weighted by Gasteiger charge is 2.35. The molecule has 3 atom stereocenters. The van der Waals surface area contributed by atoms with Gasteiger partial charge in [0.05, 0.1) is 5.92 Å². The maximum atomic E-state index is 12.1. The van der Waals surface area contributed by atoms with Crippen LogP contribution in [0.4, 0.5) is 0 Å². The summed E-state index contributed by atoms with van der Waals surface area (Å²) in [7, 11) is 0. The number of nitrogens with zero attached hydrogens (tertiary/aromatic N) is 1. The lowest BCUT2D eigenvalue weighted by Gasteiger charge is -2.31. The molecule has 0 aliphatic carbocycles. The molecule has 2 N–H and O–H groups in total. The van der Waals surface area contributed by atoms with Crippen molar-refractivity contribution >= 4 is 11.8 Å². The normalized spacial score (nSPS) is 32.7. The number of hydrogen-bond acceptors (Lipinski definition) is 3. The van der Waals surface area contributed by atoms with E-state index in [1.807, 2.05) is 6.92 Å². The maximum absolute atomic E-state index is 12.1. The number of nitrogens with one attached hydrogen (secondary N) is 2. The van der Waals surface area contributed by atoms with Gasteiger partial charge in [-0.05, 0) is 25.8 Å². The van der Waals surface area contributed by atoms with Gasteiger partial charge in [0, 0.05) is 32.1 Å². The van der Waals surface area contributed by atoms with E-state index in [1.54, 1.807) is 4.90 Å². The minimum absolute atomic E-state index is 0.0415. The quantitative estimate of drug-likeness (QED) is 0.742. The predicted molar refractivity (Wildman–Crippen MR) is 68.9 cm³/mol. The van der Waals surface area contributed by atoms with Crippen LogP contribution in [-0.4, -0.2) is 48.9 Å². The van der Waals surface area contributed by atoms with Gasteiger partial charge in [-0.2, -0.15) is 0 Å². The first-order valence-electron chi connectivity index (χ1n) is 6.90. The Kier molecular flexibility index (Phi) is 4.22. The number of carbonyl (C=O) groups excluding carboxylic acids is 2. The average molecular weight is 253 g/mol. The Balaban J connectivity index is 1.86. The summed E-state index contributed by atoms with van der Waals surface area (Å²) in [6, 6.07) is 0.206. The van der Waals surface area contributed by atoms with Gasteiger partial charge in [-0.15, -0.1) is 0 Å². The first kappa shape index (κ1) is 13.3. The zero-order chi connectivity index (χ0) is 13.1. The van der Waals surface area contributed by atoms with Gasteiger partial charge in [0.15, 0.2) is 0 Å². The number of rotatable bonds is 3. The lowest BCUT2D eigenvalue weighted by atomic mass is 9.94. The van der Waals surface area contributed by atoms with Gasteiger partial charge in [0.1, 0.15) is 0 Å². The van der Waals surface area contributed by atoms with Gasteiger partial charge in [-0.3, -0.25) is 9.59 Å². The molecule has 2 aliphatic rings. The minimum atomic E-state index is -0.161. The van der Waals surface area contributed by atoms with Crippen LogP contribution in [0.5, 0.6) is 0 Å². The molecule has 0 spiro atoms. The minimum Gasteiger partial charge on any atom is -0.352 e. The molecule has 0 bridgehead atoms. The zero-order valence-corrected chi connectivity index (χ0v) is 11.2. The number of carbonyl (C=O) groups is 2. The van der Waals surface area contributed by atoms with Crippen molar-refractivity contribution < 1.29 is 9.59 Å². The third kappa shape index (κ3) is 2.83. The maximum Gasteiger partial charge on any atom is 0.225 e. The SMILES string of the molecule is CCN1CC(C(=O)NC2CNCCC2C)CC1=O. The first-order chi connectivity index (χ1) is 8.61. The van der Waals surface area contributed by atoms with E-state index < -0.39 is 0 Å². The van der Waals surface area contributed by atoms with Crippen LogP contribution in [0.2, 0.25) is 0 Å². The second-order valence-electron chi connectivity index (χ2n) is 5.42. The van der Waals surface area contributed by atoms with E-state index in [9.17, 15) is 9.59 Å². The molecule has 3 unspecified atom stereocenters. The van der Waals surface area contributed by atoms with E-state index in [2.05, 4.69) is 17.6 Å². The van der Waals surface area contributed by atoms with Crippen molar-refractivity contribution in [1.82, 2.24) is 15.5 Å². The Morgan fingerprint density at radius 2 is 2.33 bits per heavy atom. The van der Waals surface area contributed by atoms with Gasteiger partial charge in [-0.25, -0.2) is 0 Å². The molecule has 2 aliphatic heterocycles. The van der Waals surface area contributed by atoms with E-state index in [-0.39, 0.29) is 23.8 Å². The summed E-state index contributed by atoms with van der Waals surface area (Å²) < 4.78 is 0. The number of amides is 2. The fourth-order valence-electron chi connectivity index (χ4n) is 2.74. The van der Waals surface area contributed by atoms with Crippen LogP contribution >= 0.6 is 0 Å². The van der Waals surface area contributed by atoms with Crippen LogP contribution in [0.15, 0.2) is 0 Å². The molecule has 102 valence electrons. The Morgan fingerprint density at radius 1 is 1.56 bits per heavy atom. The van der Waals surface area contributed by atoms with Crippen molar-refractivity contribution in [3.63, 3.8) is 0 Å². The molecule has 5 heteroatoms. The standard InChI is InChI=1S/C13H23N3O2/c1-3-16-8-10(6-12(16)17)13(18)15-11-7-14-5-4-9(11)2/h9-11,14H,3-8H2,1-2H3,(H,15,18). The molecule has 0 aromatic carbocycles. The van der Waals surface area contributed by atoms with Gasteiger partial charge in [0.25, 0.3) is 0 Å². The third-order valence-corrected chi connectivity index (χ3v) is 4.12. The van der Waals surface area contributed by atoms with E-state index in [0.717, 1.165) is 19.5 Å². The van der Waals surface area contributed by atoms with Crippen LogP contribution in [0.25, 0.3) is 0 Å². The van der Waals surface area contributed by atoms with Crippen molar-refractivity contribution in [1.29, 1.82) is 0 Å². The summed E-state index contributed by atoms with van der Waals surface area (Å²) in [6.45, 7) is 7.26. The topological polar surface area (TPSA) is 61.4 Å². The lowest BCUT2D eigenvalue weighted by molar-refractivity contribution is -0.129. The summed E-state index contributed by atoms with van der Waals surface area (Å²) in [5.74, 6) is 0.494. The largest absolute Gasteiger partial charge is 0.352 e. The second-order valence-corrected chi connectivity index (χ2v) is 5.42. The van der Waals surface area contributed by atoms with Crippen molar-refractivity contribution in [2.24, 2.45) is 11.8 Å². The van der Waals surface area contributed by atoms with E-state index in [0.29, 0.717) is 25.4 Å². The van der Waals surface area contributed by atoms with Crippen LogP contribution in [-0.2, 0) is 9.59 Å². The number of likely N-dealkylation sites (tertiary alicyclic amines) is 1. The van der Waals surface area contributed by atoms with E-state index in [1.165, 1.54) is 0 Å². The molecular weight excluding hydrogens is 230 g/mol. The van der Waals surface area contributed by atoms with Crippen molar-refractivity contribution in [3.05, 3.63) is 0 Å². The summed E-state index contributed by atoms with van der Waals surface area (Å²) in [5.41, 5.74) is 0. The van der Waals surface area contributed by atoms with E-state index >= 15 is 0 Å². The fraction of sp³-hybridized carbons (Fsp3) is 0.846. The van der Waals surface area contributed by atoms with Crippen molar-refractivity contribution in [2.45, 2.75) is 32.7 Å². The van der Waals surface area contributed by atoms with Gasteiger partial charge < -0.3 is 15.5 Å². The first-order valence-corrected chi connectivity index (χ1v) is 6.90. The Labute approximate surface area is 108 Å². The average Bonchev–Trinajstić information content (AvgIpc) is 2.73. The van der Waals surface area contributed by atoms with E-state index in [4.69, 9.17) is 0 Å². The van der Waals surface area contributed by atoms with Crippen LogP contribution < -0.4 is 10.6 Å². The highest BCUT2D eigenvalue weighted by molar-refractivity contribution is 5.89. The molecule has 2 heterocycles. The monoisotopic (exact) mass is 253 g/mol. The molecule has 2 amide bonds. The highest BCUT2D eigenvalue weighted by Crippen LogP contribution is 2.19. The molecule has 0 saturated carbocycles. The van der Waals surface area contributed by atoms with Gasteiger partial charge in [0.2, 0.25) is 11.8 Å². The lowest BCUT2D eigenvalue weighted by Crippen LogP contribution is -2.51. The van der Waals surface area contributed by atoms with Gasteiger partial charge in [-0.1, -0.05) is 6.92 Å². The predicted octanol–water partition coefficient (Wildman–Crippen LogP) is -0.0310. The smallest absolute Gasteiger partial charge is 0.225 e. The molecule has 0 radical (unpaired) electrons. The van der Waals surface area contributed by atoms with Crippen LogP contribution in [0.1, 0.15) is 26.7 Å². The van der Waals surface area contributed by atoms with Crippen LogP contribution in [0.3, 0.4) is 0 Å². The van der Waals surface area contributed by atoms with Gasteiger partial charge >= 0.3 is 0 Å². The molecule has 0 aromatic heterocycles. The second kappa shape index (κ2) is 5.69. The fourth-order valence-corrected chi connectivity index (χ4v) is 2.74. The highest BCUT2D eigenvalue weighted by atomic mass is 16.2. The van der Waals surface area contributed by atoms with Crippen molar-refractivity contribution in [2.75, 3.05) is 26.2 Å². The molecule has 18 heavy (non-hydrogen) atoms. The summed E-state index contributed by atoms with van der Waals surface area (Å²) in [4.78, 5) is 25.5. The molecular formula is C13H23N3O2. The summed E-state index contributed by atoms with van der Waals surface area (Å²) in [6.07, 6.45) is 1.46. The van der Waals surface area contributed by atoms with Crippen molar-refractivity contribution in [3.8, 4) is 0 Å². The molecule has 5 nitrogen and oxygen atoms in total. The third-order valence-electron chi connectivity index (χ3n) is 4.12. The Hall–Kier alpha value is -1.10. The molecule has 2 saturated heterocycles. The zero-order valence-electron chi connectivity index (χ0n) is 11.2. The summed E-state index contributed by atoms with van der Waals surface area (Å²) in [5, 5.41) is 6.39. The number of hydrogen-bond donors (Lipinski definition) is 2. The Bertz CT molecular complexity index is 332.